The molecule has 5 nitrogen and oxygen atoms in total. The van der Waals surface area contributed by atoms with Crippen LogP contribution in [-0.4, -0.2) is 17.9 Å². The van der Waals surface area contributed by atoms with Crippen molar-refractivity contribution in [1.29, 1.82) is 0 Å². The minimum atomic E-state index is -0.995. The highest BCUT2D eigenvalue weighted by Gasteiger charge is 2.29. The summed E-state index contributed by atoms with van der Waals surface area (Å²) in [6.07, 6.45) is -1.25. The fourth-order valence-electron chi connectivity index (χ4n) is 2.36. The van der Waals surface area contributed by atoms with Gasteiger partial charge < -0.3 is 15.4 Å². The molecule has 0 bridgehead atoms. The van der Waals surface area contributed by atoms with Gasteiger partial charge in [0.05, 0.1) is 12.1 Å². The first kappa shape index (κ1) is 15.9. The lowest BCUT2D eigenvalue weighted by Gasteiger charge is -2.25. The molecule has 3 rings (SSSR count). The largest absolute Gasteiger partial charge is 0.478 e. The lowest BCUT2D eigenvalue weighted by Crippen LogP contribution is -2.41. The second kappa shape index (κ2) is 6.66. The highest BCUT2D eigenvalue weighted by atomic mass is 19.1. The van der Waals surface area contributed by atoms with E-state index < -0.39 is 29.6 Å². The lowest BCUT2D eigenvalue weighted by molar-refractivity contribution is -0.130. The van der Waals surface area contributed by atoms with E-state index in [1.165, 1.54) is 6.07 Å². The maximum atomic E-state index is 13.5. The van der Waals surface area contributed by atoms with E-state index in [4.69, 9.17) is 4.74 Å². The van der Waals surface area contributed by atoms with Crippen LogP contribution in [-0.2, 0) is 16.1 Å². The van der Waals surface area contributed by atoms with Crippen LogP contribution in [0.5, 0.6) is 5.75 Å². The predicted molar refractivity (Wildman–Crippen MR) is 82.3 cm³/mol. The molecule has 1 aliphatic rings. The second-order valence-corrected chi connectivity index (χ2v) is 5.27. The molecule has 7 heteroatoms. The van der Waals surface area contributed by atoms with Crippen LogP contribution in [0.1, 0.15) is 12.0 Å². The number of rotatable bonds is 4. The molecule has 1 aliphatic heterocycles. The predicted octanol–water partition coefficient (Wildman–Crippen LogP) is 2.37. The topological polar surface area (TPSA) is 67.4 Å². The Morgan fingerprint density at radius 2 is 1.83 bits per heavy atom. The van der Waals surface area contributed by atoms with Crippen LogP contribution in [0.4, 0.5) is 14.5 Å². The zero-order valence-electron chi connectivity index (χ0n) is 12.5. The number of amides is 2. The minimum Gasteiger partial charge on any atom is -0.478 e. The SMILES string of the molecule is O=C(CC1Oc2ccccc2NC1=O)NCc1c(F)cccc1F. The molecule has 2 aromatic rings. The van der Waals surface area contributed by atoms with Gasteiger partial charge in [-0.3, -0.25) is 9.59 Å². The van der Waals surface area contributed by atoms with Crippen molar-refractivity contribution in [2.24, 2.45) is 0 Å². The third-order valence-electron chi connectivity index (χ3n) is 3.60. The van der Waals surface area contributed by atoms with Crippen molar-refractivity contribution >= 4 is 17.5 Å². The minimum absolute atomic E-state index is 0.231. The Bertz CT molecular complexity index is 775. The summed E-state index contributed by atoms with van der Waals surface area (Å²) >= 11 is 0. The van der Waals surface area contributed by atoms with Crippen LogP contribution in [0.15, 0.2) is 42.5 Å². The van der Waals surface area contributed by atoms with Crippen molar-refractivity contribution in [3.05, 3.63) is 59.7 Å². The number of para-hydroxylation sites is 2. The normalized spacial score (nSPS) is 15.9. The number of fused-ring (bicyclic) bond motifs is 1. The van der Waals surface area contributed by atoms with Crippen LogP contribution < -0.4 is 15.4 Å². The number of hydrogen-bond donors (Lipinski definition) is 2. The Hall–Kier alpha value is -2.96. The van der Waals surface area contributed by atoms with Crippen LogP contribution in [0, 0.1) is 11.6 Å². The number of hydrogen-bond acceptors (Lipinski definition) is 3. The van der Waals surface area contributed by atoms with Gasteiger partial charge in [-0.1, -0.05) is 18.2 Å². The molecule has 1 atom stereocenters. The first-order valence-corrected chi connectivity index (χ1v) is 7.30. The molecule has 2 N–H and O–H groups in total. The zero-order chi connectivity index (χ0) is 17.1. The number of benzene rings is 2. The van der Waals surface area contributed by atoms with Gasteiger partial charge in [0, 0.05) is 12.1 Å². The van der Waals surface area contributed by atoms with E-state index in [0.29, 0.717) is 11.4 Å². The van der Waals surface area contributed by atoms with E-state index in [0.717, 1.165) is 12.1 Å². The zero-order valence-corrected chi connectivity index (χ0v) is 12.5. The quantitative estimate of drug-likeness (QED) is 0.903. The fourth-order valence-corrected chi connectivity index (χ4v) is 2.36. The summed E-state index contributed by atoms with van der Waals surface area (Å²) in [7, 11) is 0. The number of halogens is 2. The van der Waals surface area contributed by atoms with Gasteiger partial charge in [0.15, 0.2) is 6.10 Å². The molecule has 0 aromatic heterocycles. The highest BCUT2D eigenvalue weighted by Crippen LogP contribution is 2.29. The summed E-state index contributed by atoms with van der Waals surface area (Å²) in [4.78, 5) is 23.9. The van der Waals surface area contributed by atoms with Crippen molar-refractivity contribution in [3.63, 3.8) is 0 Å². The Morgan fingerprint density at radius 1 is 1.12 bits per heavy atom. The number of anilines is 1. The van der Waals surface area contributed by atoms with Crippen LogP contribution >= 0.6 is 0 Å². The fraction of sp³-hybridized carbons (Fsp3) is 0.176. The molecule has 0 saturated carbocycles. The Kier molecular flexibility index (Phi) is 4.41. The van der Waals surface area contributed by atoms with E-state index in [-0.39, 0.29) is 18.5 Å². The van der Waals surface area contributed by atoms with E-state index in [1.54, 1.807) is 24.3 Å². The van der Waals surface area contributed by atoms with Gasteiger partial charge in [-0.25, -0.2) is 8.78 Å². The monoisotopic (exact) mass is 332 g/mol. The third-order valence-corrected chi connectivity index (χ3v) is 3.60. The van der Waals surface area contributed by atoms with Crippen LogP contribution in [0.3, 0.4) is 0 Å². The number of carbonyl (C=O) groups is 2. The molecule has 2 aromatic carbocycles. The maximum absolute atomic E-state index is 13.5. The molecule has 24 heavy (non-hydrogen) atoms. The van der Waals surface area contributed by atoms with E-state index in [9.17, 15) is 18.4 Å². The van der Waals surface area contributed by atoms with Crippen molar-refractivity contribution < 1.29 is 23.1 Å². The molecule has 0 fully saturated rings. The van der Waals surface area contributed by atoms with E-state index >= 15 is 0 Å². The molecular formula is C17H14F2N2O3. The van der Waals surface area contributed by atoms with Crippen molar-refractivity contribution in [3.8, 4) is 5.75 Å². The van der Waals surface area contributed by atoms with Gasteiger partial charge in [0.2, 0.25) is 5.91 Å². The molecule has 0 saturated heterocycles. The van der Waals surface area contributed by atoms with Gasteiger partial charge >= 0.3 is 0 Å². The van der Waals surface area contributed by atoms with E-state index in [1.807, 2.05) is 0 Å². The summed E-state index contributed by atoms with van der Waals surface area (Å²) in [6.45, 7) is -0.303. The molecule has 0 radical (unpaired) electrons. The van der Waals surface area contributed by atoms with Gasteiger partial charge in [-0.2, -0.15) is 0 Å². The Morgan fingerprint density at radius 3 is 2.58 bits per heavy atom. The summed E-state index contributed by atoms with van der Waals surface area (Å²) in [6, 6.07) is 10.3. The Balaban J connectivity index is 1.60. The van der Waals surface area contributed by atoms with Crippen LogP contribution in [0.2, 0.25) is 0 Å². The van der Waals surface area contributed by atoms with Gasteiger partial charge in [-0.05, 0) is 24.3 Å². The number of carbonyl (C=O) groups excluding carboxylic acids is 2. The summed E-state index contributed by atoms with van der Waals surface area (Å²) in [5.74, 6) is -2.00. The molecule has 124 valence electrons. The lowest BCUT2D eigenvalue weighted by atomic mass is 10.1. The average Bonchev–Trinajstić information content (AvgIpc) is 2.55. The van der Waals surface area contributed by atoms with Crippen molar-refractivity contribution in [1.82, 2.24) is 5.32 Å². The van der Waals surface area contributed by atoms with Gasteiger partial charge in [-0.15, -0.1) is 0 Å². The number of ether oxygens (including phenoxy) is 1. The third kappa shape index (κ3) is 3.34. The van der Waals surface area contributed by atoms with Gasteiger partial charge in [0.25, 0.3) is 5.91 Å². The standard InChI is InChI=1S/C17H14F2N2O3/c18-11-4-3-5-12(19)10(11)9-20-16(22)8-15-17(23)21-13-6-1-2-7-14(13)24-15/h1-7,15H,8-9H2,(H,20,22)(H,21,23). The van der Waals surface area contributed by atoms with E-state index in [2.05, 4.69) is 10.6 Å². The molecule has 0 spiro atoms. The molecule has 2 amide bonds. The van der Waals surface area contributed by atoms with Crippen LogP contribution in [0.25, 0.3) is 0 Å². The second-order valence-electron chi connectivity index (χ2n) is 5.27. The van der Waals surface area contributed by atoms with Crippen molar-refractivity contribution in [2.75, 3.05) is 5.32 Å². The molecule has 1 heterocycles. The Labute approximate surface area is 136 Å². The highest BCUT2D eigenvalue weighted by molar-refractivity contribution is 5.99. The molecule has 0 aliphatic carbocycles. The summed E-state index contributed by atoms with van der Waals surface area (Å²) in [5, 5.41) is 5.04. The first-order chi connectivity index (χ1) is 11.5. The smallest absolute Gasteiger partial charge is 0.266 e. The van der Waals surface area contributed by atoms with Gasteiger partial charge in [0.1, 0.15) is 17.4 Å². The van der Waals surface area contributed by atoms with Crippen molar-refractivity contribution in [2.45, 2.75) is 19.1 Å². The number of nitrogens with one attached hydrogen (secondary N) is 2. The average molecular weight is 332 g/mol. The molecule has 1 unspecified atom stereocenters. The summed E-state index contributed by atoms with van der Waals surface area (Å²) < 4.78 is 32.5. The molecular weight excluding hydrogens is 318 g/mol. The summed E-state index contributed by atoms with van der Waals surface area (Å²) in [5.41, 5.74) is 0.304. The first-order valence-electron chi connectivity index (χ1n) is 7.30. The maximum Gasteiger partial charge on any atom is 0.266 e.